The Bertz CT molecular complexity index is 801. The Hall–Kier alpha value is -2.34. The molecule has 1 amide bonds. The molecular weight excluding hydrogens is 354 g/mol. The minimum Gasteiger partial charge on any atom is -0.476 e. The van der Waals surface area contributed by atoms with Gasteiger partial charge in [0.15, 0.2) is 5.69 Å². The highest BCUT2D eigenvalue weighted by molar-refractivity contribution is 6.30. The van der Waals surface area contributed by atoms with E-state index in [1.165, 1.54) is 6.33 Å². The lowest BCUT2D eigenvalue weighted by Crippen LogP contribution is -2.46. The Balaban J connectivity index is 2.33. The van der Waals surface area contributed by atoms with Crippen molar-refractivity contribution in [2.45, 2.75) is 40.2 Å². The number of nitrogens with two attached hydrogens (primary N) is 1. The molecule has 0 bridgehead atoms. The van der Waals surface area contributed by atoms with Crippen molar-refractivity contribution in [3.05, 3.63) is 52.6 Å². The van der Waals surface area contributed by atoms with Crippen molar-refractivity contribution in [1.82, 2.24) is 9.55 Å². The summed E-state index contributed by atoms with van der Waals surface area (Å²) in [4.78, 5) is 27.6. The second-order valence-electron chi connectivity index (χ2n) is 6.72. The number of imidazole rings is 1. The van der Waals surface area contributed by atoms with Crippen LogP contribution in [0.2, 0.25) is 5.02 Å². The minimum atomic E-state index is -1.09. The smallest absolute Gasteiger partial charge is 0.356 e. The van der Waals surface area contributed by atoms with Crippen LogP contribution in [0.5, 0.6) is 0 Å². The molecule has 6 nitrogen and oxygen atoms in total. The third kappa shape index (κ3) is 3.90. The van der Waals surface area contributed by atoms with Gasteiger partial charge in [0.2, 0.25) is 5.91 Å². The fourth-order valence-corrected chi connectivity index (χ4v) is 3.52. The summed E-state index contributed by atoms with van der Waals surface area (Å²) in [5.74, 6) is -1.54. The van der Waals surface area contributed by atoms with Crippen LogP contribution in [0.4, 0.5) is 0 Å². The first kappa shape index (κ1) is 20.0. The molecule has 3 N–H and O–H groups in total. The van der Waals surface area contributed by atoms with Gasteiger partial charge < -0.3 is 15.4 Å². The van der Waals surface area contributed by atoms with Crippen LogP contribution in [0.3, 0.4) is 0 Å². The highest BCUT2D eigenvalue weighted by atomic mass is 35.5. The topological polar surface area (TPSA) is 98.2 Å². The summed E-state index contributed by atoms with van der Waals surface area (Å²) in [5.41, 5.74) is 6.56. The van der Waals surface area contributed by atoms with Crippen LogP contribution in [0.15, 0.2) is 30.6 Å². The predicted octanol–water partition coefficient (Wildman–Crippen LogP) is 3.30. The third-order valence-corrected chi connectivity index (χ3v) is 5.53. The number of benzene rings is 1. The molecule has 1 heterocycles. The lowest BCUT2D eigenvalue weighted by atomic mass is 9.70. The molecule has 0 aliphatic heterocycles. The van der Waals surface area contributed by atoms with Crippen LogP contribution >= 0.6 is 11.6 Å². The molecule has 2 unspecified atom stereocenters. The minimum absolute atomic E-state index is 0.00942. The number of hydrogen-bond donors (Lipinski definition) is 2. The summed E-state index contributed by atoms with van der Waals surface area (Å²) in [7, 11) is 0. The van der Waals surface area contributed by atoms with E-state index in [-0.39, 0.29) is 11.6 Å². The number of aromatic carboxylic acids is 1. The second kappa shape index (κ2) is 7.91. The van der Waals surface area contributed by atoms with Crippen LogP contribution in [0.1, 0.15) is 42.0 Å². The number of carbonyl (C=O) groups excluding carboxylic acids is 1. The standard InChI is InChI=1S/C19H24ClN3O3/c1-4-19(18(21)26,10-23-11-22-16(13(23)3)17(24)25)12(2)9-14-5-7-15(20)8-6-14/h5-8,11-12H,4,9-10H2,1-3H3,(H2,21,26)(H,24,25). The first-order chi connectivity index (χ1) is 12.2. The van der Waals surface area contributed by atoms with E-state index in [4.69, 9.17) is 17.3 Å². The lowest BCUT2D eigenvalue weighted by molar-refractivity contribution is -0.132. The third-order valence-electron chi connectivity index (χ3n) is 5.27. The molecule has 0 fully saturated rings. The van der Waals surface area contributed by atoms with E-state index in [2.05, 4.69) is 4.98 Å². The molecule has 0 spiro atoms. The molecule has 26 heavy (non-hydrogen) atoms. The SMILES string of the molecule is CCC(Cn1cnc(C(=O)O)c1C)(C(N)=O)C(C)Cc1ccc(Cl)cc1. The van der Waals surface area contributed by atoms with Crippen molar-refractivity contribution in [2.24, 2.45) is 17.1 Å². The number of aromatic nitrogens is 2. The van der Waals surface area contributed by atoms with E-state index < -0.39 is 17.3 Å². The molecule has 2 atom stereocenters. The number of primary amides is 1. The summed E-state index contributed by atoms with van der Waals surface area (Å²) >= 11 is 5.94. The maximum absolute atomic E-state index is 12.4. The van der Waals surface area contributed by atoms with E-state index >= 15 is 0 Å². The summed E-state index contributed by atoms with van der Waals surface area (Å²) in [6, 6.07) is 7.51. The molecule has 1 aromatic heterocycles. The number of nitrogens with zero attached hydrogens (tertiary/aromatic N) is 2. The number of halogens is 1. The summed E-state index contributed by atoms with van der Waals surface area (Å²) in [6.07, 6.45) is 2.66. The highest BCUT2D eigenvalue weighted by Crippen LogP contribution is 2.36. The molecule has 140 valence electrons. The second-order valence-corrected chi connectivity index (χ2v) is 7.15. The summed E-state index contributed by atoms with van der Waals surface area (Å²) < 4.78 is 1.70. The van der Waals surface area contributed by atoms with Gasteiger partial charge in [-0.1, -0.05) is 37.6 Å². The van der Waals surface area contributed by atoms with Gasteiger partial charge in [0.1, 0.15) is 0 Å². The highest BCUT2D eigenvalue weighted by Gasteiger charge is 2.41. The molecule has 0 aliphatic rings. The summed E-state index contributed by atoms with van der Waals surface area (Å²) in [6.45, 7) is 5.89. The maximum Gasteiger partial charge on any atom is 0.356 e. The fraction of sp³-hybridized carbons (Fsp3) is 0.421. The largest absolute Gasteiger partial charge is 0.476 e. The van der Waals surface area contributed by atoms with Gasteiger partial charge in [-0.2, -0.15) is 0 Å². The molecule has 2 aromatic rings. The van der Waals surface area contributed by atoms with Crippen molar-refractivity contribution in [3.63, 3.8) is 0 Å². The Morgan fingerprint density at radius 2 is 1.96 bits per heavy atom. The number of carbonyl (C=O) groups is 2. The van der Waals surface area contributed by atoms with E-state index in [1.54, 1.807) is 11.5 Å². The Morgan fingerprint density at radius 1 is 1.35 bits per heavy atom. The molecule has 0 saturated heterocycles. The first-order valence-electron chi connectivity index (χ1n) is 8.50. The molecule has 0 aliphatic carbocycles. The van der Waals surface area contributed by atoms with Gasteiger partial charge in [0, 0.05) is 17.3 Å². The van der Waals surface area contributed by atoms with Crippen molar-refractivity contribution in [3.8, 4) is 0 Å². The molecule has 0 saturated carbocycles. The van der Waals surface area contributed by atoms with E-state index in [9.17, 15) is 14.7 Å². The predicted molar refractivity (Wildman–Crippen MR) is 100 cm³/mol. The van der Waals surface area contributed by atoms with Gasteiger partial charge in [-0.3, -0.25) is 4.79 Å². The Morgan fingerprint density at radius 3 is 2.42 bits per heavy atom. The molecule has 0 radical (unpaired) electrons. The lowest BCUT2D eigenvalue weighted by Gasteiger charge is -2.36. The molecule has 1 aromatic carbocycles. The molecule has 7 heteroatoms. The average molecular weight is 378 g/mol. The van der Waals surface area contributed by atoms with Crippen molar-refractivity contribution in [2.75, 3.05) is 0 Å². The van der Waals surface area contributed by atoms with Gasteiger partial charge in [-0.25, -0.2) is 9.78 Å². The van der Waals surface area contributed by atoms with E-state index in [0.29, 0.717) is 30.1 Å². The van der Waals surface area contributed by atoms with Crippen LogP contribution in [0, 0.1) is 18.3 Å². The molecule has 2 rings (SSSR count). The van der Waals surface area contributed by atoms with E-state index in [1.807, 2.05) is 38.1 Å². The van der Waals surface area contributed by atoms with Crippen LogP contribution < -0.4 is 5.73 Å². The number of hydrogen-bond acceptors (Lipinski definition) is 3. The van der Waals surface area contributed by atoms with Crippen LogP contribution in [0.25, 0.3) is 0 Å². The quantitative estimate of drug-likeness (QED) is 0.737. The first-order valence-corrected chi connectivity index (χ1v) is 8.88. The van der Waals surface area contributed by atoms with Gasteiger partial charge in [-0.15, -0.1) is 0 Å². The fourth-order valence-electron chi connectivity index (χ4n) is 3.40. The monoisotopic (exact) mass is 377 g/mol. The van der Waals surface area contributed by atoms with Crippen molar-refractivity contribution < 1.29 is 14.7 Å². The summed E-state index contributed by atoms with van der Waals surface area (Å²) in [5, 5.41) is 9.85. The Kier molecular flexibility index (Phi) is 6.08. The zero-order valence-corrected chi connectivity index (χ0v) is 16.0. The van der Waals surface area contributed by atoms with Crippen LogP contribution in [-0.4, -0.2) is 26.5 Å². The Labute approximate surface area is 158 Å². The van der Waals surface area contributed by atoms with Gasteiger partial charge in [0.05, 0.1) is 11.7 Å². The molecular formula is C19H24ClN3O3. The number of carboxylic acid groups (broad SMARTS) is 1. The zero-order valence-electron chi connectivity index (χ0n) is 15.2. The number of carboxylic acids is 1. The van der Waals surface area contributed by atoms with Crippen LogP contribution in [-0.2, 0) is 17.8 Å². The van der Waals surface area contributed by atoms with E-state index in [0.717, 1.165) is 5.56 Å². The van der Waals surface area contributed by atoms with Crippen molar-refractivity contribution >= 4 is 23.5 Å². The average Bonchev–Trinajstić information content (AvgIpc) is 2.95. The normalized spacial score (nSPS) is 14.6. The van der Waals surface area contributed by atoms with Gasteiger partial charge >= 0.3 is 5.97 Å². The maximum atomic E-state index is 12.4. The van der Waals surface area contributed by atoms with Gasteiger partial charge in [-0.05, 0) is 43.4 Å². The van der Waals surface area contributed by atoms with Crippen molar-refractivity contribution in [1.29, 1.82) is 0 Å². The van der Waals surface area contributed by atoms with Gasteiger partial charge in [0.25, 0.3) is 0 Å². The number of amides is 1. The zero-order chi connectivity index (χ0) is 19.5. The number of rotatable bonds is 8.